The summed E-state index contributed by atoms with van der Waals surface area (Å²) < 4.78 is 0. The van der Waals surface area contributed by atoms with Crippen LogP contribution in [0.25, 0.3) is 0 Å². The summed E-state index contributed by atoms with van der Waals surface area (Å²) in [5, 5.41) is 0. The van der Waals surface area contributed by atoms with Crippen molar-refractivity contribution < 1.29 is 0 Å². The van der Waals surface area contributed by atoms with E-state index >= 15 is 0 Å². The van der Waals surface area contributed by atoms with Crippen molar-refractivity contribution >= 4 is 23.1 Å². The van der Waals surface area contributed by atoms with E-state index in [2.05, 4.69) is 66.4 Å². The second-order valence-electron chi connectivity index (χ2n) is 6.88. The Morgan fingerprint density at radius 1 is 1.04 bits per heavy atom. The van der Waals surface area contributed by atoms with Gasteiger partial charge in [0.25, 0.3) is 0 Å². The van der Waals surface area contributed by atoms with E-state index in [0.29, 0.717) is 0 Å². The van der Waals surface area contributed by atoms with E-state index in [1.54, 1.807) is 0 Å². The summed E-state index contributed by atoms with van der Waals surface area (Å²) in [4.78, 5) is 7.59. The average molecular weight is 324 g/mol. The van der Waals surface area contributed by atoms with Gasteiger partial charge in [0.1, 0.15) is 0 Å². The van der Waals surface area contributed by atoms with Crippen LogP contribution in [0, 0.1) is 0 Å². The van der Waals surface area contributed by atoms with Gasteiger partial charge in [-0.2, -0.15) is 0 Å². The topological polar surface area (TPSA) is 6.48 Å². The van der Waals surface area contributed by atoms with Gasteiger partial charge in [0.2, 0.25) is 0 Å². The molecule has 1 aliphatic heterocycles. The third kappa shape index (κ3) is 3.13. The van der Waals surface area contributed by atoms with Gasteiger partial charge in [-0.05, 0) is 75.6 Å². The molecule has 1 heterocycles. The highest BCUT2D eigenvalue weighted by molar-refractivity contribution is 7.99. The lowest BCUT2D eigenvalue weighted by atomic mass is 10.1. The van der Waals surface area contributed by atoms with Crippen LogP contribution in [0.1, 0.15) is 30.7 Å². The molecule has 23 heavy (non-hydrogen) atoms. The molecule has 2 aromatic rings. The number of hydrogen-bond acceptors (Lipinski definition) is 3. The molecule has 0 radical (unpaired) electrons. The van der Waals surface area contributed by atoms with Gasteiger partial charge < -0.3 is 9.80 Å². The first kappa shape index (κ1) is 15.1. The largest absolute Gasteiger partial charge is 0.340 e. The molecule has 1 fully saturated rings. The summed E-state index contributed by atoms with van der Waals surface area (Å²) in [5.41, 5.74) is 4.31. The van der Waals surface area contributed by atoms with Crippen molar-refractivity contribution in [3.63, 3.8) is 0 Å². The van der Waals surface area contributed by atoms with Crippen molar-refractivity contribution in [2.45, 2.75) is 35.0 Å². The van der Waals surface area contributed by atoms with Crippen molar-refractivity contribution in [1.29, 1.82) is 0 Å². The van der Waals surface area contributed by atoms with E-state index in [9.17, 15) is 0 Å². The van der Waals surface area contributed by atoms with Crippen molar-refractivity contribution in [2.75, 3.05) is 32.1 Å². The zero-order valence-corrected chi connectivity index (χ0v) is 14.8. The van der Waals surface area contributed by atoms with Gasteiger partial charge in [-0.3, -0.25) is 0 Å². The SMILES string of the molecule is CN(C)CCCN1c2ccccc2Sc2ccc(C3CC3)cc21. The Labute approximate surface area is 143 Å². The van der Waals surface area contributed by atoms with Crippen molar-refractivity contribution in [3.05, 3.63) is 48.0 Å². The van der Waals surface area contributed by atoms with Gasteiger partial charge in [0, 0.05) is 16.3 Å². The molecule has 4 rings (SSSR count). The van der Waals surface area contributed by atoms with Gasteiger partial charge in [-0.25, -0.2) is 0 Å². The third-order valence-corrected chi connectivity index (χ3v) is 5.82. The fourth-order valence-corrected chi connectivity index (χ4v) is 4.38. The Balaban J connectivity index is 1.68. The lowest BCUT2D eigenvalue weighted by Crippen LogP contribution is -2.25. The number of fused-ring (bicyclic) bond motifs is 2. The monoisotopic (exact) mass is 324 g/mol. The van der Waals surface area contributed by atoms with Crippen LogP contribution in [0.3, 0.4) is 0 Å². The molecular formula is C20H24N2S. The summed E-state index contributed by atoms with van der Waals surface area (Å²) in [6.45, 7) is 2.21. The van der Waals surface area contributed by atoms with Crippen LogP contribution in [0.4, 0.5) is 11.4 Å². The van der Waals surface area contributed by atoms with Gasteiger partial charge >= 0.3 is 0 Å². The Morgan fingerprint density at radius 3 is 2.61 bits per heavy atom. The lowest BCUT2D eigenvalue weighted by molar-refractivity contribution is 0.402. The number of para-hydroxylation sites is 1. The normalized spacial score (nSPS) is 16.4. The average Bonchev–Trinajstić information content (AvgIpc) is 3.38. The molecule has 0 atom stereocenters. The molecule has 0 bridgehead atoms. The van der Waals surface area contributed by atoms with Crippen LogP contribution in [0.15, 0.2) is 52.3 Å². The maximum absolute atomic E-state index is 2.54. The fourth-order valence-electron chi connectivity index (χ4n) is 3.30. The summed E-state index contributed by atoms with van der Waals surface area (Å²) in [6, 6.07) is 16.0. The van der Waals surface area contributed by atoms with Gasteiger partial charge in [-0.1, -0.05) is 30.0 Å². The summed E-state index contributed by atoms with van der Waals surface area (Å²) in [6.07, 6.45) is 3.91. The third-order valence-electron chi connectivity index (χ3n) is 4.69. The smallest absolute Gasteiger partial charge is 0.0555 e. The minimum atomic E-state index is 0.811. The Kier molecular flexibility index (Phi) is 4.08. The highest BCUT2D eigenvalue weighted by Gasteiger charge is 2.27. The van der Waals surface area contributed by atoms with E-state index < -0.39 is 0 Å². The molecule has 0 spiro atoms. The second-order valence-corrected chi connectivity index (χ2v) is 7.96. The van der Waals surface area contributed by atoms with Crippen LogP contribution in [0.2, 0.25) is 0 Å². The van der Waals surface area contributed by atoms with Crippen molar-refractivity contribution in [1.82, 2.24) is 4.90 Å². The number of rotatable bonds is 5. The number of nitrogens with zero attached hydrogens (tertiary/aromatic N) is 2. The van der Waals surface area contributed by atoms with Crippen molar-refractivity contribution in [2.24, 2.45) is 0 Å². The maximum atomic E-state index is 2.54. The zero-order valence-electron chi connectivity index (χ0n) is 14.0. The molecule has 1 aliphatic carbocycles. The van der Waals surface area contributed by atoms with Crippen LogP contribution >= 0.6 is 11.8 Å². The number of benzene rings is 2. The molecule has 1 saturated carbocycles. The first-order valence-corrected chi connectivity index (χ1v) is 9.37. The Bertz CT molecular complexity index is 707. The summed E-state index contributed by atoms with van der Waals surface area (Å²) >= 11 is 1.91. The minimum absolute atomic E-state index is 0.811. The molecule has 2 aliphatic rings. The van der Waals surface area contributed by atoms with E-state index in [-0.39, 0.29) is 0 Å². The Hall–Kier alpha value is -1.45. The van der Waals surface area contributed by atoms with Gasteiger partial charge in [0.15, 0.2) is 0 Å². The number of anilines is 2. The first-order chi connectivity index (χ1) is 11.2. The highest BCUT2D eigenvalue weighted by atomic mass is 32.2. The molecule has 0 amide bonds. The molecule has 0 saturated heterocycles. The van der Waals surface area contributed by atoms with Crippen LogP contribution in [-0.4, -0.2) is 32.1 Å². The molecular weight excluding hydrogens is 300 g/mol. The lowest BCUT2D eigenvalue weighted by Gasteiger charge is -2.33. The second kappa shape index (κ2) is 6.21. The van der Waals surface area contributed by atoms with Gasteiger partial charge in [0.05, 0.1) is 11.4 Å². The standard InChI is InChI=1S/C20H24N2S/c1-21(2)12-5-13-22-17-6-3-4-7-19(17)23-20-11-10-16(14-18(20)22)15-8-9-15/h3-4,6-7,10-11,14-15H,5,8-9,12-13H2,1-2H3. The quantitative estimate of drug-likeness (QED) is 0.754. The predicted octanol–water partition coefficient (Wildman–Crippen LogP) is 5.12. The molecule has 0 unspecified atom stereocenters. The van der Waals surface area contributed by atoms with Gasteiger partial charge in [-0.15, -0.1) is 0 Å². The van der Waals surface area contributed by atoms with Crippen LogP contribution < -0.4 is 4.90 Å². The maximum Gasteiger partial charge on any atom is 0.0555 e. The highest BCUT2D eigenvalue weighted by Crippen LogP contribution is 2.50. The van der Waals surface area contributed by atoms with Crippen LogP contribution in [0.5, 0.6) is 0 Å². The van der Waals surface area contributed by atoms with Crippen LogP contribution in [-0.2, 0) is 0 Å². The van der Waals surface area contributed by atoms with E-state index in [1.807, 2.05) is 11.8 Å². The first-order valence-electron chi connectivity index (χ1n) is 8.55. The summed E-state index contributed by atoms with van der Waals surface area (Å²) in [5.74, 6) is 0.811. The molecule has 0 aromatic heterocycles. The molecule has 0 N–H and O–H groups in total. The predicted molar refractivity (Wildman–Crippen MR) is 99.2 cm³/mol. The van der Waals surface area contributed by atoms with E-state index in [4.69, 9.17) is 0 Å². The minimum Gasteiger partial charge on any atom is -0.340 e. The number of hydrogen-bond donors (Lipinski definition) is 0. The molecule has 120 valence electrons. The van der Waals surface area contributed by atoms with E-state index in [1.165, 1.54) is 46.0 Å². The Morgan fingerprint density at radius 2 is 1.83 bits per heavy atom. The fraction of sp³-hybridized carbons (Fsp3) is 0.400. The van der Waals surface area contributed by atoms with E-state index in [0.717, 1.165) is 19.0 Å². The van der Waals surface area contributed by atoms with Crippen molar-refractivity contribution in [3.8, 4) is 0 Å². The molecule has 2 nitrogen and oxygen atoms in total. The zero-order chi connectivity index (χ0) is 15.8. The molecule has 3 heteroatoms. The summed E-state index contributed by atoms with van der Waals surface area (Å²) in [7, 11) is 4.30. The molecule has 2 aromatic carbocycles.